The second kappa shape index (κ2) is 8.18. The molecule has 0 saturated carbocycles. The molecule has 7 heteroatoms. The van der Waals surface area contributed by atoms with E-state index in [0.717, 1.165) is 22.2 Å². The van der Waals surface area contributed by atoms with Crippen LogP contribution in [-0.4, -0.2) is 29.8 Å². The zero-order valence-electron chi connectivity index (χ0n) is 14.9. The molecule has 1 amide bonds. The van der Waals surface area contributed by atoms with Crippen molar-refractivity contribution in [2.24, 2.45) is 5.10 Å². The van der Waals surface area contributed by atoms with Crippen molar-refractivity contribution in [2.45, 2.75) is 13.5 Å². The highest BCUT2D eigenvalue weighted by Crippen LogP contribution is 2.24. The number of methoxy groups -OCH3 is 1. The number of hydrogen-bond acceptors (Lipinski definition) is 4. The molecule has 1 aromatic heterocycles. The van der Waals surface area contributed by atoms with Crippen molar-refractivity contribution >= 4 is 44.9 Å². The van der Waals surface area contributed by atoms with Gasteiger partial charge in [0.1, 0.15) is 6.54 Å². The van der Waals surface area contributed by atoms with E-state index in [1.165, 1.54) is 7.11 Å². The first-order chi connectivity index (χ1) is 13.0. The van der Waals surface area contributed by atoms with Gasteiger partial charge in [-0.1, -0.05) is 30.3 Å². The van der Waals surface area contributed by atoms with Crippen molar-refractivity contribution in [3.63, 3.8) is 0 Å². The summed E-state index contributed by atoms with van der Waals surface area (Å²) in [6.45, 7) is 2.01. The number of halogens is 1. The SMILES string of the molecule is COC(=O)Cn1c(C)c(/C=N\NC(=O)c2ccccc2Br)c2ccccc21. The van der Waals surface area contributed by atoms with Gasteiger partial charge in [0.05, 0.1) is 18.9 Å². The largest absolute Gasteiger partial charge is 0.468 e. The molecule has 0 bridgehead atoms. The van der Waals surface area contributed by atoms with Gasteiger partial charge < -0.3 is 9.30 Å². The fourth-order valence-corrected chi connectivity index (χ4v) is 3.34. The second-order valence-electron chi connectivity index (χ2n) is 5.86. The van der Waals surface area contributed by atoms with E-state index in [9.17, 15) is 9.59 Å². The molecule has 27 heavy (non-hydrogen) atoms. The Bertz CT molecular complexity index is 1040. The fraction of sp³-hybridized carbons (Fsp3) is 0.150. The number of nitrogens with zero attached hydrogens (tertiary/aromatic N) is 2. The molecule has 1 N–H and O–H groups in total. The van der Waals surface area contributed by atoms with Crippen molar-refractivity contribution in [2.75, 3.05) is 7.11 Å². The van der Waals surface area contributed by atoms with E-state index < -0.39 is 0 Å². The normalized spacial score (nSPS) is 11.1. The third kappa shape index (κ3) is 3.93. The number of ether oxygens (including phenoxy) is 1. The summed E-state index contributed by atoms with van der Waals surface area (Å²) in [5.74, 6) is -0.640. The van der Waals surface area contributed by atoms with E-state index in [1.807, 2.05) is 41.8 Å². The number of esters is 1. The summed E-state index contributed by atoms with van der Waals surface area (Å²) >= 11 is 3.35. The first-order valence-corrected chi connectivity index (χ1v) is 9.04. The Morgan fingerprint density at radius 1 is 1.19 bits per heavy atom. The number of hydrazone groups is 1. The molecule has 3 aromatic rings. The van der Waals surface area contributed by atoms with Gasteiger partial charge in [-0.2, -0.15) is 5.10 Å². The summed E-state index contributed by atoms with van der Waals surface area (Å²) in [5, 5.41) is 5.05. The van der Waals surface area contributed by atoms with Crippen LogP contribution in [0.2, 0.25) is 0 Å². The number of carbonyl (C=O) groups is 2. The highest BCUT2D eigenvalue weighted by molar-refractivity contribution is 9.10. The zero-order chi connectivity index (χ0) is 19.4. The van der Waals surface area contributed by atoms with Crippen LogP contribution < -0.4 is 5.43 Å². The fourth-order valence-electron chi connectivity index (χ4n) is 2.88. The molecular formula is C20H18BrN3O3. The maximum Gasteiger partial charge on any atom is 0.325 e. The number of hydrogen-bond donors (Lipinski definition) is 1. The van der Waals surface area contributed by atoms with Crippen LogP contribution in [0.15, 0.2) is 58.1 Å². The standard InChI is InChI=1S/C20H18BrN3O3/c1-13-16(11-22-23-20(26)15-8-3-5-9-17(15)21)14-7-4-6-10-18(14)24(13)12-19(25)27-2/h3-11H,12H2,1-2H3,(H,23,26)/b22-11-. The summed E-state index contributed by atoms with van der Waals surface area (Å²) in [6, 6.07) is 14.8. The monoisotopic (exact) mass is 427 g/mol. The molecule has 0 aliphatic rings. The van der Waals surface area contributed by atoms with E-state index in [2.05, 4.69) is 26.5 Å². The molecule has 0 unspecified atom stereocenters. The molecule has 0 aliphatic carbocycles. The molecule has 138 valence electrons. The van der Waals surface area contributed by atoms with Gasteiger partial charge in [0.15, 0.2) is 0 Å². The molecule has 0 saturated heterocycles. The summed E-state index contributed by atoms with van der Waals surface area (Å²) in [4.78, 5) is 24.0. The van der Waals surface area contributed by atoms with Crippen LogP contribution in [0.25, 0.3) is 10.9 Å². The van der Waals surface area contributed by atoms with Crippen LogP contribution in [0.1, 0.15) is 21.6 Å². The van der Waals surface area contributed by atoms with Gasteiger partial charge in [0.2, 0.25) is 0 Å². The first kappa shape index (κ1) is 18.8. The van der Waals surface area contributed by atoms with Gasteiger partial charge in [-0.05, 0) is 41.1 Å². The van der Waals surface area contributed by atoms with E-state index in [1.54, 1.807) is 24.4 Å². The van der Waals surface area contributed by atoms with Crippen molar-refractivity contribution in [3.05, 3.63) is 69.8 Å². The van der Waals surface area contributed by atoms with Crippen molar-refractivity contribution in [1.29, 1.82) is 0 Å². The third-order valence-corrected chi connectivity index (χ3v) is 4.96. The molecule has 3 rings (SSSR count). The van der Waals surface area contributed by atoms with Crippen LogP contribution in [0, 0.1) is 6.92 Å². The highest BCUT2D eigenvalue weighted by Gasteiger charge is 2.15. The van der Waals surface area contributed by atoms with Crippen LogP contribution >= 0.6 is 15.9 Å². The Balaban J connectivity index is 1.89. The highest BCUT2D eigenvalue weighted by atomic mass is 79.9. The molecule has 0 fully saturated rings. The molecule has 2 aromatic carbocycles. The lowest BCUT2D eigenvalue weighted by atomic mass is 10.1. The number of carbonyl (C=O) groups excluding carboxylic acids is 2. The van der Waals surface area contributed by atoms with Gasteiger partial charge in [-0.15, -0.1) is 0 Å². The van der Waals surface area contributed by atoms with Crippen LogP contribution in [0.4, 0.5) is 0 Å². The first-order valence-electron chi connectivity index (χ1n) is 8.25. The number of nitrogens with one attached hydrogen (secondary N) is 1. The van der Waals surface area contributed by atoms with Crippen LogP contribution in [0.5, 0.6) is 0 Å². The number of aromatic nitrogens is 1. The Kier molecular flexibility index (Phi) is 5.71. The van der Waals surface area contributed by atoms with E-state index in [4.69, 9.17) is 4.74 Å². The number of amides is 1. The van der Waals surface area contributed by atoms with Gasteiger partial charge in [0, 0.05) is 26.6 Å². The molecule has 0 atom stereocenters. The minimum absolute atomic E-state index is 0.111. The average Bonchev–Trinajstić information content (AvgIpc) is 2.94. The Morgan fingerprint density at radius 3 is 2.63 bits per heavy atom. The topological polar surface area (TPSA) is 72.7 Å². The Hall–Kier alpha value is -2.93. The lowest BCUT2D eigenvalue weighted by Crippen LogP contribution is -2.18. The van der Waals surface area contributed by atoms with Crippen molar-refractivity contribution in [1.82, 2.24) is 9.99 Å². The summed E-state index contributed by atoms with van der Waals surface area (Å²) in [7, 11) is 1.36. The van der Waals surface area contributed by atoms with Crippen molar-refractivity contribution in [3.8, 4) is 0 Å². The van der Waals surface area contributed by atoms with Crippen LogP contribution in [-0.2, 0) is 16.1 Å². The zero-order valence-corrected chi connectivity index (χ0v) is 16.5. The predicted octanol–water partition coefficient (Wildman–Crippen LogP) is 3.65. The lowest BCUT2D eigenvalue weighted by Gasteiger charge is -2.06. The minimum atomic E-state index is -0.329. The molecule has 1 heterocycles. The van der Waals surface area contributed by atoms with E-state index in [0.29, 0.717) is 10.0 Å². The Labute approximate surface area is 164 Å². The quantitative estimate of drug-likeness (QED) is 0.383. The van der Waals surface area contributed by atoms with Crippen molar-refractivity contribution < 1.29 is 14.3 Å². The third-order valence-electron chi connectivity index (χ3n) is 4.27. The minimum Gasteiger partial charge on any atom is -0.468 e. The summed E-state index contributed by atoms with van der Waals surface area (Å²) in [6.07, 6.45) is 1.60. The lowest BCUT2D eigenvalue weighted by molar-refractivity contribution is -0.141. The van der Waals surface area contributed by atoms with Gasteiger partial charge in [-0.25, -0.2) is 5.43 Å². The maximum atomic E-state index is 12.3. The second-order valence-corrected chi connectivity index (χ2v) is 6.71. The summed E-state index contributed by atoms with van der Waals surface area (Å²) in [5.41, 5.74) is 5.64. The van der Waals surface area contributed by atoms with Gasteiger partial charge >= 0.3 is 5.97 Å². The smallest absolute Gasteiger partial charge is 0.325 e. The molecule has 6 nitrogen and oxygen atoms in total. The van der Waals surface area contributed by atoms with Gasteiger partial charge in [0.25, 0.3) is 5.91 Å². The molecule has 0 spiro atoms. The van der Waals surface area contributed by atoms with E-state index in [-0.39, 0.29) is 18.4 Å². The molecular weight excluding hydrogens is 410 g/mol. The number of fused-ring (bicyclic) bond motifs is 1. The van der Waals surface area contributed by atoms with Crippen LogP contribution in [0.3, 0.4) is 0 Å². The Morgan fingerprint density at radius 2 is 1.89 bits per heavy atom. The molecule has 0 radical (unpaired) electrons. The average molecular weight is 428 g/mol. The predicted molar refractivity (Wildman–Crippen MR) is 108 cm³/mol. The van der Waals surface area contributed by atoms with E-state index >= 15 is 0 Å². The molecule has 0 aliphatic heterocycles. The number of benzene rings is 2. The summed E-state index contributed by atoms with van der Waals surface area (Å²) < 4.78 is 7.36. The number of rotatable bonds is 5. The van der Waals surface area contributed by atoms with Gasteiger partial charge in [-0.3, -0.25) is 9.59 Å². The maximum absolute atomic E-state index is 12.3. The number of para-hydroxylation sites is 1.